The Morgan fingerprint density at radius 1 is 1.18 bits per heavy atom. The first-order chi connectivity index (χ1) is 10.7. The Morgan fingerprint density at radius 3 is 2.45 bits per heavy atom. The molecule has 0 aliphatic heterocycles. The van der Waals surface area contributed by atoms with Crippen LogP contribution in [0.25, 0.3) is 0 Å². The van der Waals surface area contributed by atoms with Gasteiger partial charge in [0, 0.05) is 6.54 Å². The third kappa shape index (κ3) is 4.53. The first kappa shape index (κ1) is 15.4. The van der Waals surface area contributed by atoms with Crippen molar-refractivity contribution >= 4 is 6.09 Å². The maximum atomic E-state index is 10.5. The largest absolute Gasteiger partial charge is 0.489 e. The van der Waals surface area contributed by atoms with Gasteiger partial charge in [-0.3, -0.25) is 0 Å². The van der Waals surface area contributed by atoms with E-state index in [1.165, 1.54) is 0 Å². The van der Waals surface area contributed by atoms with Gasteiger partial charge in [0.25, 0.3) is 0 Å². The fourth-order valence-electron chi connectivity index (χ4n) is 1.96. The molecule has 0 fully saturated rings. The molecule has 0 aliphatic rings. The second-order valence-electron chi connectivity index (χ2n) is 4.71. The van der Waals surface area contributed by atoms with Crippen molar-refractivity contribution in [2.24, 2.45) is 0 Å². The summed E-state index contributed by atoms with van der Waals surface area (Å²) in [6.45, 7) is 0.540. The Bertz CT molecular complexity index is 648. The molecule has 0 radical (unpaired) electrons. The van der Waals surface area contributed by atoms with Crippen molar-refractivity contribution < 1.29 is 14.6 Å². The smallest absolute Gasteiger partial charge is 0.404 e. The zero-order valence-corrected chi connectivity index (χ0v) is 11.9. The maximum absolute atomic E-state index is 10.5. The lowest BCUT2D eigenvalue weighted by molar-refractivity contribution is 0.194. The number of nitrogens with one attached hydrogen (secondary N) is 1. The van der Waals surface area contributed by atoms with Crippen molar-refractivity contribution in [1.82, 2.24) is 5.32 Å². The molecule has 5 heteroatoms. The molecule has 0 saturated heterocycles. The number of carbonyl (C=O) groups is 1. The fourth-order valence-corrected chi connectivity index (χ4v) is 1.96. The molecule has 0 bridgehead atoms. The Kier molecular flexibility index (Phi) is 5.38. The number of benzene rings is 2. The highest BCUT2D eigenvalue weighted by molar-refractivity contribution is 5.64. The molecule has 1 amide bonds. The predicted octanol–water partition coefficient (Wildman–Crippen LogP) is 3.14. The number of hydrogen-bond donors (Lipinski definition) is 2. The highest BCUT2D eigenvalue weighted by Gasteiger charge is 2.11. The van der Waals surface area contributed by atoms with Crippen molar-refractivity contribution in [2.45, 2.75) is 12.5 Å². The number of nitrogens with zero attached hydrogens (tertiary/aromatic N) is 1. The third-order valence-corrected chi connectivity index (χ3v) is 3.14. The van der Waals surface area contributed by atoms with Crippen LogP contribution in [0, 0.1) is 11.3 Å². The summed E-state index contributed by atoms with van der Waals surface area (Å²) in [6.07, 6.45) is -1.14. The van der Waals surface area contributed by atoms with Crippen LogP contribution < -0.4 is 10.1 Å². The van der Waals surface area contributed by atoms with Gasteiger partial charge in [-0.05, 0) is 23.3 Å². The highest BCUT2D eigenvalue weighted by Crippen LogP contribution is 2.19. The molecule has 0 unspecified atom stereocenters. The number of rotatable bonds is 6. The molecule has 0 aliphatic carbocycles. The minimum absolute atomic E-state index is 0.0655. The lowest BCUT2D eigenvalue weighted by Crippen LogP contribution is -2.26. The van der Waals surface area contributed by atoms with Gasteiger partial charge in [0.1, 0.15) is 12.4 Å². The molecule has 5 nitrogen and oxygen atoms in total. The highest BCUT2D eigenvalue weighted by atomic mass is 16.5. The molecule has 2 aromatic carbocycles. The van der Waals surface area contributed by atoms with E-state index in [9.17, 15) is 4.79 Å². The lowest BCUT2D eigenvalue weighted by atomic mass is 10.0. The summed E-state index contributed by atoms with van der Waals surface area (Å²) in [6, 6.07) is 19.0. The number of hydrogen-bond acceptors (Lipinski definition) is 3. The SMILES string of the molecule is N#C[C@@H](CNC(=O)O)c1ccc(OCc2ccccc2)cc1. The predicted molar refractivity (Wildman–Crippen MR) is 81.6 cm³/mol. The summed E-state index contributed by atoms with van der Waals surface area (Å²) in [5, 5.41) is 19.9. The summed E-state index contributed by atoms with van der Waals surface area (Å²) in [5.74, 6) is 0.190. The average Bonchev–Trinajstić information content (AvgIpc) is 2.55. The third-order valence-electron chi connectivity index (χ3n) is 3.14. The van der Waals surface area contributed by atoms with Gasteiger partial charge in [-0.2, -0.15) is 5.26 Å². The van der Waals surface area contributed by atoms with Crippen LogP contribution in [-0.2, 0) is 6.61 Å². The molecular weight excluding hydrogens is 280 g/mol. The molecule has 1 atom stereocenters. The van der Waals surface area contributed by atoms with Crippen molar-refractivity contribution in [1.29, 1.82) is 5.26 Å². The van der Waals surface area contributed by atoms with Crippen molar-refractivity contribution in [3.63, 3.8) is 0 Å². The minimum Gasteiger partial charge on any atom is -0.489 e. The van der Waals surface area contributed by atoms with Gasteiger partial charge in [0.15, 0.2) is 0 Å². The van der Waals surface area contributed by atoms with Crippen LogP contribution >= 0.6 is 0 Å². The van der Waals surface area contributed by atoms with Gasteiger partial charge >= 0.3 is 6.09 Å². The average molecular weight is 296 g/mol. The van der Waals surface area contributed by atoms with Gasteiger partial charge in [0.2, 0.25) is 0 Å². The Balaban J connectivity index is 1.94. The van der Waals surface area contributed by atoms with E-state index in [4.69, 9.17) is 15.1 Å². The van der Waals surface area contributed by atoms with Gasteiger partial charge in [0.05, 0.1) is 12.0 Å². The molecule has 0 saturated carbocycles. The standard InChI is InChI=1S/C17H16N2O3/c18-10-15(11-19-17(20)21)14-6-8-16(9-7-14)22-12-13-4-2-1-3-5-13/h1-9,15,19H,11-12H2,(H,20,21)/t15-/m0/s1. The lowest BCUT2D eigenvalue weighted by Gasteiger charge is -2.11. The van der Waals surface area contributed by atoms with E-state index in [-0.39, 0.29) is 6.54 Å². The van der Waals surface area contributed by atoms with Gasteiger partial charge < -0.3 is 15.2 Å². The van der Waals surface area contributed by atoms with Crippen LogP contribution in [0.1, 0.15) is 17.0 Å². The van der Waals surface area contributed by atoms with E-state index in [2.05, 4.69) is 11.4 Å². The zero-order valence-electron chi connectivity index (χ0n) is 11.9. The minimum atomic E-state index is -1.14. The molecule has 0 spiro atoms. The van der Waals surface area contributed by atoms with E-state index < -0.39 is 12.0 Å². The summed E-state index contributed by atoms with van der Waals surface area (Å²) in [5.41, 5.74) is 1.83. The number of nitriles is 1. The fraction of sp³-hybridized carbons (Fsp3) is 0.176. The molecule has 2 rings (SSSR count). The van der Waals surface area contributed by atoms with Gasteiger partial charge in [-0.25, -0.2) is 4.79 Å². The maximum Gasteiger partial charge on any atom is 0.404 e. The number of ether oxygens (including phenoxy) is 1. The second-order valence-corrected chi connectivity index (χ2v) is 4.71. The van der Waals surface area contributed by atoms with Crippen LogP contribution in [0.4, 0.5) is 4.79 Å². The molecule has 112 valence electrons. The van der Waals surface area contributed by atoms with Crippen LogP contribution in [-0.4, -0.2) is 17.7 Å². The Labute approximate surface area is 128 Å². The number of carboxylic acid groups (broad SMARTS) is 1. The first-order valence-electron chi connectivity index (χ1n) is 6.82. The summed E-state index contributed by atoms with van der Waals surface area (Å²) in [7, 11) is 0. The monoisotopic (exact) mass is 296 g/mol. The van der Waals surface area contributed by atoms with Crippen LogP contribution in [0.3, 0.4) is 0 Å². The van der Waals surface area contributed by atoms with Crippen molar-refractivity contribution in [2.75, 3.05) is 6.54 Å². The summed E-state index contributed by atoms with van der Waals surface area (Å²) >= 11 is 0. The number of amides is 1. The normalized spacial score (nSPS) is 11.2. The molecule has 22 heavy (non-hydrogen) atoms. The Hall–Kier alpha value is -3.00. The van der Waals surface area contributed by atoms with Crippen LogP contribution in [0.5, 0.6) is 5.75 Å². The van der Waals surface area contributed by atoms with Gasteiger partial charge in [-0.15, -0.1) is 0 Å². The first-order valence-corrected chi connectivity index (χ1v) is 6.82. The summed E-state index contributed by atoms with van der Waals surface area (Å²) in [4.78, 5) is 10.5. The van der Waals surface area contributed by atoms with Gasteiger partial charge in [-0.1, -0.05) is 42.5 Å². The Morgan fingerprint density at radius 2 is 1.86 bits per heavy atom. The van der Waals surface area contributed by atoms with E-state index in [0.29, 0.717) is 12.4 Å². The van der Waals surface area contributed by atoms with Crippen LogP contribution in [0.2, 0.25) is 0 Å². The zero-order chi connectivity index (χ0) is 15.8. The van der Waals surface area contributed by atoms with Crippen molar-refractivity contribution in [3.8, 4) is 11.8 Å². The summed E-state index contributed by atoms with van der Waals surface area (Å²) < 4.78 is 5.67. The topological polar surface area (TPSA) is 82.4 Å². The second kappa shape index (κ2) is 7.70. The molecule has 0 heterocycles. The van der Waals surface area contributed by atoms with E-state index >= 15 is 0 Å². The van der Waals surface area contributed by atoms with Crippen LogP contribution in [0.15, 0.2) is 54.6 Å². The van der Waals surface area contributed by atoms with Crippen molar-refractivity contribution in [3.05, 3.63) is 65.7 Å². The molecule has 0 aromatic heterocycles. The molecule has 2 N–H and O–H groups in total. The quantitative estimate of drug-likeness (QED) is 0.858. The molecule has 2 aromatic rings. The molecular formula is C17H16N2O3. The van der Waals surface area contributed by atoms with E-state index in [1.54, 1.807) is 24.3 Å². The van der Waals surface area contributed by atoms with E-state index in [0.717, 1.165) is 11.1 Å². The van der Waals surface area contributed by atoms with E-state index in [1.807, 2.05) is 30.3 Å².